The molecule has 0 aliphatic carbocycles. The van der Waals surface area contributed by atoms with Crippen molar-refractivity contribution in [1.82, 2.24) is 9.97 Å². The van der Waals surface area contributed by atoms with Crippen molar-refractivity contribution in [2.24, 2.45) is 0 Å². The maximum Gasteiger partial charge on any atom is 0.143 e. The van der Waals surface area contributed by atoms with Crippen LogP contribution in [0.3, 0.4) is 0 Å². The van der Waals surface area contributed by atoms with Gasteiger partial charge < -0.3 is 5.32 Å². The number of aromatic nitrogens is 2. The lowest BCUT2D eigenvalue weighted by Gasteiger charge is -2.10. The van der Waals surface area contributed by atoms with E-state index in [0.717, 1.165) is 21.7 Å². The van der Waals surface area contributed by atoms with Crippen molar-refractivity contribution in [2.75, 3.05) is 5.32 Å². The van der Waals surface area contributed by atoms with E-state index in [1.165, 1.54) is 27.8 Å². The molecule has 2 aromatic heterocycles. The van der Waals surface area contributed by atoms with Crippen molar-refractivity contribution in [3.8, 4) is 11.1 Å². The lowest BCUT2D eigenvalue weighted by molar-refractivity contribution is 1.23. The van der Waals surface area contributed by atoms with E-state index < -0.39 is 0 Å². The Bertz CT molecular complexity index is 1050. The van der Waals surface area contributed by atoms with Crippen molar-refractivity contribution >= 4 is 33.1 Å². The second kappa shape index (κ2) is 6.30. The summed E-state index contributed by atoms with van der Waals surface area (Å²) in [7, 11) is 0. The Morgan fingerprint density at radius 1 is 0.880 bits per heavy atom. The number of hydrogen-bond acceptors (Lipinski definition) is 4. The summed E-state index contributed by atoms with van der Waals surface area (Å²) in [6, 6.07) is 15.0. The Morgan fingerprint density at radius 2 is 1.68 bits per heavy atom. The number of thiophene rings is 1. The number of aryl methyl sites for hydroxylation is 3. The standard InChI is InChI=1S/C21H19N3S/c1-13-4-7-16(8-5-13)18-11-25-21-19(18)20(22-12-23-21)24-17-9-6-14(2)15(3)10-17/h4-12H,1-3H3,(H,22,23,24). The van der Waals surface area contributed by atoms with Crippen molar-refractivity contribution in [3.63, 3.8) is 0 Å². The van der Waals surface area contributed by atoms with Gasteiger partial charge in [0.2, 0.25) is 0 Å². The number of rotatable bonds is 3. The molecule has 0 spiro atoms. The maximum atomic E-state index is 4.51. The van der Waals surface area contributed by atoms with Gasteiger partial charge in [0.15, 0.2) is 0 Å². The van der Waals surface area contributed by atoms with Gasteiger partial charge in [-0.25, -0.2) is 9.97 Å². The Hall–Kier alpha value is -2.72. The van der Waals surface area contributed by atoms with Crippen LogP contribution in [0, 0.1) is 20.8 Å². The predicted octanol–water partition coefficient (Wildman–Crippen LogP) is 6.03. The van der Waals surface area contributed by atoms with Crippen LogP contribution in [0.5, 0.6) is 0 Å². The summed E-state index contributed by atoms with van der Waals surface area (Å²) < 4.78 is 0. The molecular weight excluding hydrogens is 326 g/mol. The second-order valence-corrected chi connectivity index (χ2v) is 7.20. The van der Waals surface area contributed by atoms with Gasteiger partial charge in [0.1, 0.15) is 17.0 Å². The number of anilines is 2. The normalized spacial score (nSPS) is 11.0. The highest BCUT2D eigenvalue weighted by molar-refractivity contribution is 7.17. The van der Waals surface area contributed by atoms with Gasteiger partial charge in [-0.15, -0.1) is 11.3 Å². The van der Waals surface area contributed by atoms with Gasteiger partial charge in [-0.3, -0.25) is 0 Å². The Kier molecular flexibility index (Phi) is 3.98. The molecule has 2 heterocycles. The molecule has 0 atom stereocenters. The zero-order valence-corrected chi connectivity index (χ0v) is 15.3. The highest BCUT2D eigenvalue weighted by Gasteiger charge is 2.13. The van der Waals surface area contributed by atoms with Crippen LogP contribution in [0.2, 0.25) is 0 Å². The van der Waals surface area contributed by atoms with E-state index in [0.29, 0.717) is 0 Å². The zero-order chi connectivity index (χ0) is 17.4. The summed E-state index contributed by atoms with van der Waals surface area (Å²) >= 11 is 1.65. The quantitative estimate of drug-likeness (QED) is 0.493. The summed E-state index contributed by atoms with van der Waals surface area (Å²) in [5.74, 6) is 0.852. The summed E-state index contributed by atoms with van der Waals surface area (Å²) in [5, 5.41) is 6.72. The molecule has 4 aromatic rings. The van der Waals surface area contributed by atoms with E-state index in [4.69, 9.17) is 0 Å². The van der Waals surface area contributed by atoms with Gasteiger partial charge in [0.25, 0.3) is 0 Å². The molecule has 1 N–H and O–H groups in total. The molecule has 0 bridgehead atoms. The van der Waals surface area contributed by atoms with Crippen LogP contribution in [0.15, 0.2) is 54.2 Å². The van der Waals surface area contributed by atoms with E-state index >= 15 is 0 Å². The largest absolute Gasteiger partial charge is 0.340 e. The summed E-state index contributed by atoms with van der Waals surface area (Å²) in [4.78, 5) is 9.96. The third-order valence-corrected chi connectivity index (χ3v) is 5.39. The SMILES string of the molecule is Cc1ccc(-c2csc3ncnc(Nc4ccc(C)c(C)c4)c23)cc1. The molecule has 0 saturated carbocycles. The molecule has 0 unspecified atom stereocenters. The minimum atomic E-state index is 0.852. The first kappa shape index (κ1) is 15.8. The Morgan fingerprint density at radius 3 is 2.44 bits per heavy atom. The Balaban J connectivity index is 1.82. The van der Waals surface area contributed by atoms with Crippen LogP contribution >= 0.6 is 11.3 Å². The third kappa shape index (κ3) is 3.01. The van der Waals surface area contributed by atoms with Crippen LogP contribution in [0.25, 0.3) is 21.3 Å². The number of fused-ring (bicyclic) bond motifs is 1. The molecule has 0 aliphatic rings. The number of benzene rings is 2. The van der Waals surface area contributed by atoms with E-state index in [1.807, 2.05) is 0 Å². The van der Waals surface area contributed by atoms with E-state index in [1.54, 1.807) is 17.7 Å². The summed E-state index contributed by atoms with van der Waals surface area (Å²) in [6.07, 6.45) is 1.63. The summed E-state index contributed by atoms with van der Waals surface area (Å²) in [5.41, 5.74) is 7.22. The first-order valence-electron chi connectivity index (χ1n) is 8.25. The molecule has 124 valence electrons. The number of nitrogens with zero attached hydrogens (tertiary/aromatic N) is 2. The van der Waals surface area contributed by atoms with Gasteiger partial charge >= 0.3 is 0 Å². The molecule has 0 radical (unpaired) electrons. The van der Waals surface area contributed by atoms with Gasteiger partial charge in [-0.1, -0.05) is 35.9 Å². The monoisotopic (exact) mass is 345 g/mol. The molecule has 0 amide bonds. The molecule has 2 aromatic carbocycles. The lowest BCUT2D eigenvalue weighted by atomic mass is 10.0. The van der Waals surface area contributed by atoms with E-state index in [2.05, 4.69) is 83.9 Å². The zero-order valence-electron chi connectivity index (χ0n) is 14.5. The molecule has 0 aliphatic heterocycles. The first-order valence-corrected chi connectivity index (χ1v) is 9.13. The molecular formula is C21H19N3S. The first-order chi connectivity index (χ1) is 12.1. The van der Waals surface area contributed by atoms with Gasteiger partial charge in [0.05, 0.1) is 5.39 Å². The second-order valence-electron chi connectivity index (χ2n) is 6.34. The molecule has 0 saturated heterocycles. The van der Waals surface area contributed by atoms with Crippen LogP contribution < -0.4 is 5.32 Å². The van der Waals surface area contributed by atoms with Crippen LogP contribution in [-0.4, -0.2) is 9.97 Å². The average molecular weight is 345 g/mol. The smallest absolute Gasteiger partial charge is 0.143 e. The van der Waals surface area contributed by atoms with Gasteiger partial charge in [0, 0.05) is 16.6 Å². The van der Waals surface area contributed by atoms with Crippen LogP contribution in [0.4, 0.5) is 11.5 Å². The Labute approximate surface area is 151 Å². The molecule has 4 rings (SSSR count). The summed E-state index contributed by atoms with van der Waals surface area (Å²) in [6.45, 7) is 6.35. The highest BCUT2D eigenvalue weighted by atomic mass is 32.1. The van der Waals surface area contributed by atoms with Crippen molar-refractivity contribution in [1.29, 1.82) is 0 Å². The predicted molar refractivity (Wildman–Crippen MR) is 107 cm³/mol. The van der Waals surface area contributed by atoms with Gasteiger partial charge in [-0.2, -0.15) is 0 Å². The number of hydrogen-bond donors (Lipinski definition) is 1. The number of nitrogens with one attached hydrogen (secondary N) is 1. The van der Waals surface area contributed by atoms with Crippen molar-refractivity contribution < 1.29 is 0 Å². The maximum absolute atomic E-state index is 4.51. The molecule has 3 nitrogen and oxygen atoms in total. The van der Waals surface area contributed by atoms with Crippen LogP contribution in [-0.2, 0) is 0 Å². The van der Waals surface area contributed by atoms with E-state index in [-0.39, 0.29) is 0 Å². The molecule has 25 heavy (non-hydrogen) atoms. The minimum absolute atomic E-state index is 0.852. The molecule has 0 fully saturated rings. The van der Waals surface area contributed by atoms with E-state index in [9.17, 15) is 0 Å². The van der Waals surface area contributed by atoms with Gasteiger partial charge in [-0.05, 0) is 49.6 Å². The third-order valence-electron chi connectivity index (χ3n) is 4.50. The van der Waals surface area contributed by atoms with Crippen LogP contribution in [0.1, 0.15) is 16.7 Å². The topological polar surface area (TPSA) is 37.8 Å². The fourth-order valence-corrected chi connectivity index (χ4v) is 3.79. The lowest BCUT2D eigenvalue weighted by Crippen LogP contribution is -1.96. The average Bonchev–Trinajstić information content (AvgIpc) is 3.04. The van der Waals surface area contributed by atoms with Crippen molar-refractivity contribution in [2.45, 2.75) is 20.8 Å². The fourth-order valence-electron chi connectivity index (χ4n) is 2.87. The van der Waals surface area contributed by atoms with Crippen molar-refractivity contribution in [3.05, 3.63) is 70.9 Å². The highest BCUT2D eigenvalue weighted by Crippen LogP contribution is 2.37. The molecule has 4 heteroatoms. The fraction of sp³-hybridized carbons (Fsp3) is 0.143. The minimum Gasteiger partial charge on any atom is -0.340 e.